The van der Waals surface area contributed by atoms with Gasteiger partial charge in [0.15, 0.2) is 0 Å². The molecule has 2 aromatic rings. The van der Waals surface area contributed by atoms with Crippen LogP contribution in [0.1, 0.15) is 22.5 Å². The van der Waals surface area contributed by atoms with Gasteiger partial charge >= 0.3 is 0 Å². The molecule has 2 atom stereocenters. The lowest BCUT2D eigenvalue weighted by atomic mass is 10.1. The van der Waals surface area contributed by atoms with Crippen LogP contribution in [0.4, 0.5) is 0 Å². The highest BCUT2D eigenvalue weighted by atomic mass is 35.5. The van der Waals surface area contributed by atoms with E-state index in [-0.39, 0.29) is 11.3 Å². The molecule has 0 radical (unpaired) electrons. The third-order valence-electron chi connectivity index (χ3n) is 4.61. The summed E-state index contributed by atoms with van der Waals surface area (Å²) >= 11 is 5.98. The van der Waals surface area contributed by atoms with Gasteiger partial charge in [-0.3, -0.25) is 4.79 Å². The summed E-state index contributed by atoms with van der Waals surface area (Å²) in [6.07, 6.45) is 2.82. The van der Waals surface area contributed by atoms with E-state index in [1.165, 1.54) is 0 Å². The van der Waals surface area contributed by atoms with E-state index in [4.69, 9.17) is 11.6 Å². The van der Waals surface area contributed by atoms with Crippen LogP contribution in [0, 0.1) is 23.2 Å². The Bertz CT molecular complexity index is 824. The summed E-state index contributed by atoms with van der Waals surface area (Å²) < 4.78 is 0. The van der Waals surface area contributed by atoms with Crippen molar-refractivity contribution in [1.82, 2.24) is 9.88 Å². The van der Waals surface area contributed by atoms with E-state index in [2.05, 4.69) is 16.8 Å². The zero-order chi connectivity index (χ0) is 15.9. The topological polar surface area (TPSA) is 33.2 Å². The number of aromatic nitrogens is 1. The fourth-order valence-corrected chi connectivity index (χ4v) is 3.45. The Balaban J connectivity index is 1.50. The van der Waals surface area contributed by atoms with Crippen molar-refractivity contribution in [2.24, 2.45) is 11.3 Å². The Morgan fingerprint density at radius 1 is 1.30 bits per heavy atom. The quantitative estimate of drug-likeness (QED) is 0.755. The minimum absolute atomic E-state index is 0.0360. The van der Waals surface area contributed by atoms with Crippen LogP contribution in [0.2, 0.25) is 5.02 Å². The van der Waals surface area contributed by atoms with E-state index in [0.717, 1.165) is 18.7 Å². The van der Waals surface area contributed by atoms with Gasteiger partial charge in [0.25, 0.3) is 5.91 Å². The number of hydrogen-bond donors (Lipinski definition) is 0. The van der Waals surface area contributed by atoms with Crippen LogP contribution < -0.4 is 0 Å². The van der Waals surface area contributed by atoms with Crippen molar-refractivity contribution >= 4 is 17.5 Å². The molecule has 1 saturated heterocycles. The summed E-state index contributed by atoms with van der Waals surface area (Å²) in [5.74, 6) is 7.05. The summed E-state index contributed by atoms with van der Waals surface area (Å²) in [7, 11) is 0. The standard InChI is InChI=1S/C19H15ClN2O/c20-16-5-3-4-14(10-16)18(23)22-12-15-11-19(15,13-22)8-7-17-6-1-2-9-21-17/h1-6,9-10,15H,11-13H2. The second kappa shape index (κ2) is 5.40. The maximum atomic E-state index is 12.6. The number of hydrogen-bond acceptors (Lipinski definition) is 2. The van der Waals surface area contributed by atoms with Crippen LogP contribution in [0.25, 0.3) is 0 Å². The van der Waals surface area contributed by atoms with E-state index in [9.17, 15) is 4.79 Å². The van der Waals surface area contributed by atoms with Gasteiger partial charge in [0.1, 0.15) is 5.69 Å². The number of rotatable bonds is 1. The van der Waals surface area contributed by atoms with Crippen molar-refractivity contribution in [2.45, 2.75) is 6.42 Å². The molecule has 4 heteroatoms. The van der Waals surface area contributed by atoms with Crippen LogP contribution in [0.3, 0.4) is 0 Å². The fraction of sp³-hybridized carbons (Fsp3) is 0.263. The molecule has 3 nitrogen and oxygen atoms in total. The highest BCUT2D eigenvalue weighted by Crippen LogP contribution is 2.57. The van der Waals surface area contributed by atoms with Gasteiger partial charge in [-0.05, 0) is 48.6 Å². The Morgan fingerprint density at radius 3 is 3.00 bits per heavy atom. The third kappa shape index (κ3) is 2.71. The van der Waals surface area contributed by atoms with Gasteiger partial charge in [-0.1, -0.05) is 29.7 Å². The molecule has 1 aliphatic carbocycles. The van der Waals surface area contributed by atoms with Crippen LogP contribution in [0.15, 0.2) is 48.7 Å². The van der Waals surface area contributed by atoms with Crippen molar-refractivity contribution < 1.29 is 4.79 Å². The first-order chi connectivity index (χ1) is 11.2. The molecule has 1 amide bonds. The number of nitrogens with zero attached hydrogens (tertiary/aromatic N) is 2. The molecule has 4 rings (SSSR count). The number of halogens is 1. The van der Waals surface area contributed by atoms with Gasteiger partial charge < -0.3 is 4.90 Å². The minimum atomic E-state index is -0.0360. The molecule has 1 aliphatic heterocycles. The molecule has 23 heavy (non-hydrogen) atoms. The molecule has 1 saturated carbocycles. The SMILES string of the molecule is O=C(c1cccc(Cl)c1)N1CC2CC2(C#Cc2ccccn2)C1. The number of carbonyl (C=O) groups is 1. The number of benzene rings is 1. The molecular formula is C19H15ClN2O. The van der Waals surface area contributed by atoms with Gasteiger partial charge in [0, 0.05) is 29.9 Å². The Labute approximate surface area is 140 Å². The predicted molar refractivity (Wildman–Crippen MR) is 89.0 cm³/mol. The normalized spacial score (nSPS) is 24.6. The van der Waals surface area contributed by atoms with Crippen molar-refractivity contribution in [3.8, 4) is 11.8 Å². The lowest BCUT2D eigenvalue weighted by Crippen LogP contribution is -2.31. The number of carbonyl (C=O) groups excluding carboxylic acids is 1. The lowest BCUT2D eigenvalue weighted by Gasteiger charge is -2.19. The Hall–Kier alpha value is -2.31. The van der Waals surface area contributed by atoms with Gasteiger partial charge in [-0.25, -0.2) is 4.98 Å². The fourth-order valence-electron chi connectivity index (χ4n) is 3.26. The van der Waals surface area contributed by atoms with Crippen LogP contribution in [0.5, 0.6) is 0 Å². The molecule has 114 valence electrons. The van der Waals surface area contributed by atoms with Crippen LogP contribution in [-0.2, 0) is 0 Å². The van der Waals surface area contributed by atoms with Crippen LogP contribution >= 0.6 is 11.6 Å². The van der Waals surface area contributed by atoms with Crippen molar-refractivity contribution in [2.75, 3.05) is 13.1 Å². The summed E-state index contributed by atoms with van der Waals surface area (Å²) in [4.78, 5) is 18.7. The smallest absolute Gasteiger partial charge is 0.253 e. The summed E-state index contributed by atoms with van der Waals surface area (Å²) in [6, 6.07) is 12.8. The van der Waals surface area contributed by atoms with Crippen molar-refractivity contribution in [3.63, 3.8) is 0 Å². The molecule has 0 N–H and O–H groups in total. The zero-order valence-corrected chi connectivity index (χ0v) is 13.3. The third-order valence-corrected chi connectivity index (χ3v) is 4.84. The summed E-state index contributed by atoms with van der Waals surface area (Å²) in [5, 5.41) is 0.588. The molecular weight excluding hydrogens is 308 g/mol. The number of fused-ring (bicyclic) bond motifs is 1. The Kier molecular flexibility index (Phi) is 3.36. The molecule has 2 heterocycles. The number of piperidine rings is 1. The lowest BCUT2D eigenvalue weighted by molar-refractivity contribution is 0.0770. The van der Waals surface area contributed by atoms with Gasteiger partial charge in [-0.15, -0.1) is 0 Å². The number of likely N-dealkylation sites (tertiary alicyclic amines) is 1. The molecule has 1 aromatic carbocycles. The summed E-state index contributed by atoms with van der Waals surface area (Å²) in [5.41, 5.74) is 1.39. The second-order valence-electron chi connectivity index (χ2n) is 6.22. The number of pyridine rings is 1. The van der Waals surface area contributed by atoms with Crippen LogP contribution in [-0.4, -0.2) is 28.9 Å². The van der Waals surface area contributed by atoms with Gasteiger partial charge in [0.2, 0.25) is 0 Å². The first-order valence-corrected chi connectivity index (χ1v) is 8.03. The molecule has 2 aliphatic rings. The van der Waals surface area contributed by atoms with Gasteiger partial charge in [0.05, 0.1) is 5.41 Å². The first kappa shape index (κ1) is 14.3. The second-order valence-corrected chi connectivity index (χ2v) is 6.65. The van der Waals surface area contributed by atoms with E-state index in [0.29, 0.717) is 23.0 Å². The van der Waals surface area contributed by atoms with E-state index in [1.54, 1.807) is 18.3 Å². The molecule has 0 spiro atoms. The molecule has 1 aromatic heterocycles. The molecule has 0 bridgehead atoms. The van der Waals surface area contributed by atoms with E-state index < -0.39 is 0 Å². The maximum absolute atomic E-state index is 12.6. The highest BCUT2D eigenvalue weighted by Gasteiger charge is 2.60. The predicted octanol–water partition coefficient (Wildman–Crippen LogP) is 3.25. The summed E-state index contributed by atoms with van der Waals surface area (Å²) in [6.45, 7) is 1.48. The van der Waals surface area contributed by atoms with Crippen molar-refractivity contribution in [1.29, 1.82) is 0 Å². The van der Waals surface area contributed by atoms with E-state index in [1.807, 2.05) is 35.2 Å². The maximum Gasteiger partial charge on any atom is 0.253 e. The zero-order valence-electron chi connectivity index (χ0n) is 12.5. The molecule has 2 unspecified atom stereocenters. The minimum Gasteiger partial charge on any atom is -0.337 e. The average molecular weight is 323 g/mol. The Morgan fingerprint density at radius 2 is 2.22 bits per heavy atom. The number of amides is 1. The molecule has 2 fully saturated rings. The first-order valence-electron chi connectivity index (χ1n) is 7.65. The average Bonchev–Trinajstić information content (AvgIpc) is 3.14. The van der Waals surface area contributed by atoms with Crippen molar-refractivity contribution in [3.05, 3.63) is 64.9 Å². The highest BCUT2D eigenvalue weighted by molar-refractivity contribution is 6.30. The monoisotopic (exact) mass is 322 g/mol. The van der Waals surface area contributed by atoms with Gasteiger partial charge in [-0.2, -0.15) is 0 Å². The largest absolute Gasteiger partial charge is 0.337 e. The van der Waals surface area contributed by atoms with E-state index >= 15 is 0 Å².